The Morgan fingerprint density at radius 1 is 1.28 bits per heavy atom. The maximum Gasteiger partial charge on any atom is 0.493 e. The molecule has 2 aliphatic heterocycles. The average molecular weight is 457 g/mol. The second-order valence-corrected chi connectivity index (χ2v) is 7.01. The fourth-order valence-corrected chi connectivity index (χ4v) is 3.60. The molecule has 0 radical (unpaired) electrons. The van der Waals surface area contributed by atoms with Crippen molar-refractivity contribution in [3.8, 4) is 11.8 Å². The van der Waals surface area contributed by atoms with Crippen LogP contribution in [0.2, 0.25) is 0 Å². The maximum atomic E-state index is 13.2. The van der Waals surface area contributed by atoms with Gasteiger partial charge < -0.3 is 24.4 Å². The predicted octanol–water partition coefficient (Wildman–Crippen LogP) is 0.0309. The van der Waals surface area contributed by atoms with Crippen LogP contribution in [0.25, 0.3) is 0 Å². The quantitative estimate of drug-likeness (QED) is 0.496. The van der Waals surface area contributed by atoms with Crippen molar-refractivity contribution in [1.82, 2.24) is 14.8 Å². The number of carbonyl (C=O) groups is 2. The first kappa shape index (κ1) is 23.4. The molecule has 0 aliphatic carbocycles. The van der Waals surface area contributed by atoms with E-state index in [4.69, 9.17) is 4.84 Å². The molecule has 0 spiro atoms. The molecule has 0 aromatic carbocycles. The van der Waals surface area contributed by atoms with Crippen molar-refractivity contribution in [2.75, 3.05) is 49.8 Å². The third kappa shape index (κ3) is 4.23. The molecule has 1 saturated heterocycles. The molecule has 0 bridgehead atoms. The number of pyridine rings is 1. The van der Waals surface area contributed by atoms with Crippen LogP contribution in [-0.2, 0) is 21.4 Å². The van der Waals surface area contributed by atoms with Crippen LogP contribution in [0.15, 0.2) is 10.9 Å². The lowest BCUT2D eigenvalue weighted by Crippen LogP contribution is -2.61. The number of hydroxylamine groups is 1. The molecule has 3 heterocycles. The van der Waals surface area contributed by atoms with Crippen molar-refractivity contribution < 1.29 is 32.3 Å². The number of rotatable bonds is 4. The Kier molecular flexibility index (Phi) is 6.65. The van der Waals surface area contributed by atoms with Crippen molar-refractivity contribution >= 4 is 23.3 Å². The molecule has 32 heavy (non-hydrogen) atoms. The van der Waals surface area contributed by atoms with Gasteiger partial charge >= 0.3 is 18.1 Å². The molecule has 2 aliphatic rings. The summed E-state index contributed by atoms with van der Waals surface area (Å²) in [5.41, 5.74) is -1.09. The summed E-state index contributed by atoms with van der Waals surface area (Å²) in [5.74, 6) is 2.17. The fourth-order valence-electron chi connectivity index (χ4n) is 3.60. The van der Waals surface area contributed by atoms with E-state index < -0.39 is 30.0 Å². The van der Waals surface area contributed by atoms with Crippen LogP contribution in [0, 0.1) is 11.8 Å². The molecule has 1 fully saturated rings. The summed E-state index contributed by atoms with van der Waals surface area (Å²) in [7, 11) is 2.44. The highest BCUT2D eigenvalue weighted by Crippen LogP contribution is 2.40. The maximum absolute atomic E-state index is 13.2. The van der Waals surface area contributed by atoms with Gasteiger partial charge in [-0.1, -0.05) is 5.92 Å². The molecule has 13 heteroatoms. The summed E-state index contributed by atoms with van der Waals surface area (Å²) in [6, 6.07) is 1.17. The highest BCUT2D eigenvalue weighted by Gasteiger charge is 2.49. The molecule has 1 aromatic heterocycles. The van der Waals surface area contributed by atoms with Gasteiger partial charge in [-0.2, -0.15) is 18.2 Å². The van der Waals surface area contributed by atoms with Crippen molar-refractivity contribution in [2.24, 2.45) is 7.05 Å². The number of halogens is 3. The number of esters is 1. The molecule has 0 saturated carbocycles. The second-order valence-electron chi connectivity index (χ2n) is 7.01. The number of alkyl halides is 3. The van der Waals surface area contributed by atoms with Gasteiger partial charge in [-0.05, 0) is 13.0 Å². The standard InChI is InChI=1S/C19H22F3N5O5/c1-4-5-8-26-14-12(11-13(16(29)31-3)24(2)15(14)28)27(32-17(30)19(20,21)22)18(26)25-9-6-23-7-10-25/h11,18,23H,6-10H2,1-3H3. The number of fused-ring (bicyclic) bond motifs is 1. The van der Waals surface area contributed by atoms with Gasteiger partial charge in [0.2, 0.25) is 0 Å². The Balaban J connectivity index is 2.21. The van der Waals surface area contributed by atoms with Crippen LogP contribution >= 0.6 is 0 Å². The van der Waals surface area contributed by atoms with E-state index in [1.54, 1.807) is 11.8 Å². The zero-order chi connectivity index (χ0) is 23.6. The van der Waals surface area contributed by atoms with Crippen LogP contribution in [0.3, 0.4) is 0 Å². The molecular formula is C19H22F3N5O5. The van der Waals surface area contributed by atoms with E-state index in [1.807, 2.05) is 0 Å². The van der Waals surface area contributed by atoms with Crippen molar-refractivity contribution in [2.45, 2.75) is 19.4 Å². The third-order valence-corrected chi connectivity index (χ3v) is 5.11. The first-order chi connectivity index (χ1) is 15.1. The van der Waals surface area contributed by atoms with Gasteiger partial charge in [-0.15, -0.1) is 5.92 Å². The second kappa shape index (κ2) is 9.09. The normalized spacial score (nSPS) is 18.6. The van der Waals surface area contributed by atoms with Gasteiger partial charge in [-0.3, -0.25) is 9.69 Å². The Morgan fingerprint density at radius 2 is 1.94 bits per heavy atom. The zero-order valence-electron chi connectivity index (χ0n) is 17.7. The van der Waals surface area contributed by atoms with Crippen LogP contribution in [0.1, 0.15) is 17.4 Å². The molecular weight excluding hydrogens is 435 g/mol. The lowest BCUT2D eigenvalue weighted by atomic mass is 10.2. The number of piperazine rings is 1. The first-order valence-corrected chi connectivity index (χ1v) is 9.63. The van der Waals surface area contributed by atoms with Crippen LogP contribution in [0.5, 0.6) is 0 Å². The van der Waals surface area contributed by atoms with E-state index in [-0.39, 0.29) is 23.6 Å². The molecule has 1 N–H and O–H groups in total. The minimum Gasteiger partial charge on any atom is -0.464 e. The smallest absolute Gasteiger partial charge is 0.464 e. The lowest BCUT2D eigenvalue weighted by molar-refractivity contribution is -0.203. The van der Waals surface area contributed by atoms with E-state index in [0.717, 1.165) is 16.7 Å². The molecule has 0 amide bonds. The average Bonchev–Trinajstić information content (AvgIpc) is 3.07. The molecule has 10 nitrogen and oxygen atoms in total. The summed E-state index contributed by atoms with van der Waals surface area (Å²) in [6.45, 7) is 3.43. The van der Waals surface area contributed by atoms with E-state index in [9.17, 15) is 27.6 Å². The van der Waals surface area contributed by atoms with Crippen LogP contribution in [-0.4, -0.2) is 73.7 Å². The van der Waals surface area contributed by atoms with E-state index in [0.29, 0.717) is 26.2 Å². The molecule has 3 rings (SSSR count). The molecule has 1 atom stereocenters. The van der Waals surface area contributed by atoms with E-state index >= 15 is 0 Å². The number of hydrogen-bond acceptors (Lipinski definition) is 9. The summed E-state index contributed by atoms with van der Waals surface area (Å²) >= 11 is 0. The monoisotopic (exact) mass is 457 g/mol. The van der Waals surface area contributed by atoms with Gasteiger partial charge in [0.25, 0.3) is 5.56 Å². The number of hydrogen-bond donors (Lipinski definition) is 1. The zero-order valence-corrected chi connectivity index (χ0v) is 17.7. The van der Waals surface area contributed by atoms with Gasteiger partial charge in [0.1, 0.15) is 17.1 Å². The number of methoxy groups -OCH3 is 1. The fraction of sp³-hybridized carbons (Fsp3) is 0.526. The van der Waals surface area contributed by atoms with Crippen LogP contribution < -0.4 is 20.8 Å². The number of nitrogens with one attached hydrogen (secondary N) is 1. The van der Waals surface area contributed by atoms with Gasteiger partial charge in [0, 0.05) is 33.2 Å². The first-order valence-electron chi connectivity index (χ1n) is 9.63. The van der Waals surface area contributed by atoms with Gasteiger partial charge in [-0.25, -0.2) is 9.59 Å². The summed E-state index contributed by atoms with van der Waals surface area (Å²) in [5, 5.41) is 3.85. The number of ether oxygens (including phenoxy) is 1. The molecule has 1 aromatic rings. The summed E-state index contributed by atoms with van der Waals surface area (Å²) < 4.78 is 44.9. The van der Waals surface area contributed by atoms with Crippen molar-refractivity contribution in [1.29, 1.82) is 0 Å². The van der Waals surface area contributed by atoms with Gasteiger partial charge in [0.05, 0.1) is 13.7 Å². The Hall–Kier alpha value is -3.24. The summed E-state index contributed by atoms with van der Waals surface area (Å²) in [4.78, 5) is 45.1. The minimum absolute atomic E-state index is 0.0228. The van der Waals surface area contributed by atoms with E-state index in [2.05, 4.69) is 21.9 Å². The van der Waals surface area contributed by atoms with Crippen molar-refractivity contribution in [3.63, 3.8) is 0 Å². The van der Waals surface area contributed by atoms with Crippen LogP contribution in [0.4, 0.5) is 24.5 Å². The molecule has 174 valence electrons. The minimum atomic E-state index is -5.27. The lowest BCUT2D eigenvalue weighted by Gasteiger charge is -2.40. The van der Waals surface area contributed by atoms with E-state index in [1.165, 1.54) is 18.0 Å². The highest BCUT2D eigenvalue weighted by molar-refractivity contribution is 5.91. The summed E-state index contributed by atoms with van der Waals surface area (Å²) in [6.07, 6.45) is -6.34. The number of nitrogens with zero attached hydrogens (tertiary/aromatic N) is 4. The highest BCUT2D eigenvalue weighted by atomic mass is 19.4. The van der Waals surface area contributed by atoms with Crippen molar-refractivity contribution in [3.05, 3.63) is 22.1 Å². The molecule has 1 unspecified atom stereocenters. The number of aromatic nitrogens is 1. The Bertz CT molecular complexity index is 1020. The topological polar surface area (TPSA) is 96.4 Å². The number of anilines is 2. The third-order valence-electron chi connectivity index (χ3n) is 5.11. The van der Waals surface area contributed by atoms with Gasteiger partial charge in [0.15, 0.2) is 6.29 Å². The predicted molar refractivity (Wildman–Crippen MR) is 107 cm³/mol. The number of carbonyl (C=O) groups excluding carboxylic acids is 2. The SMILES string of the molecule is CC#CCN1c2c(cc(C(=O)OC)n(C)c2=O)N(OC(=O)C(F)(F)F)C1N1CCNCC1. The largest absolute Gasteiger partial charge is 0.493 e. The Labute approximate surface area is 181 Å². The Morgan fingerprint density at radius 3 is 2.50 bits per heavy atom.